The van der Waals surface area contributed by atoms with E-state index in [0.717, 1.165) is 17.9 Å². The highest BCUT2D eigenvalue weighted by Crippen LogP contribution is 2.22. The van der Waals surface area contributed by atoms with Crippen molar-refractivity contribution in [3.63, 3.8) is 0 Å². The maximum absolute atomic E-state index is 12.1. The van der Waals surface area contributed by atoms with Crippen LogP contribution in [0.1, 0.15) is 18.7 Å². The molecule has 0 aliphatic carbocycles. The van der Waals surface area contributed by atoms with Crippen LogP contribution in [0.25, 0.3) is 0 Å². The Morgan fingerprint density at radius 2 is 2.05 bits per heavy atom. The number of nitrogens with one attached hydrogen (secondary N) is 1. The van der Waals surface area contributed by atoms with Crippen molar-refractivity contribution in [2.75, 3.05) is 27.2 Å². The Hall–Kier alpha value is -0.940. The molecule has 19 heavy (non-hydrogen) atoms. The summed E-state index contributed by atoms with van der Waals surface area (Å²) in [7, 11) is 0.387. The molecule has 7 heteroatoms. The highest BCUT2D eigenvalue weighted by molar-refractivity contribution is 7.91. The van der Waals surface area contributed by atoms with Gasteiger partial charge in [-0.1, -0.05) is 13.8 Å². The molecule has 1 heterocycles. The molecule has 5 nitrogen and oxygen atoms in total. The molecule has 0 aliphatic heterocycles. The molecule has 1 rings (SSSR count). The second-order valence-corrected chi connectivity index (χ2v) is 8.53. The second-order valence-electron chi connectivity index (χ2n) is 5.46. The fraction of sp³-hybridized carbons (Fsp3) is 0.583. The molecule has 0 fully saturated rings. The van der Waals surface area contributed by atoms with Crippen LogP contribution in [0, 0.1) is 16.7 Å². The van der Waals surface area contributed by atoms with Gasteiger partial charge in [0, 0.05) is 13.1 Å². The highest BCUT2D eigenvalue weighted by atomic mass is 32.2. The molecule has 0 radical (unpaired) electrons. The molecule has 1 N–H and O–H groups in total. The third kappa shape index (κ3) is 4.91. The summed E-state index contributed by atoms with van der Waals surface area (Å²) in [6.45, 7) is 5.14. The lowest BCUT2D eigenvalue weighted by molar-refractivity contribution is 0.242. The van der Waals surface area contributed by atoms with Gasteiger partial charge in [-0.2, -0.15) is 5.26 Å². The van der Waals surface area contributed by atoms with Gasteiger partial charge >= 0.3 is 0 Å². The second kappa shape index (κ2) is 6.01. The minimum atomic E-state index is -3.52. The fourth-order valence-corrected chi connectivity index (χ4v) is 4.19. The van der Waals surface area contributed by atoms with Crippen LogP contribution in [-0.2, 0) is 10.0 Å². The Labute approximate surface area is 118 Å². The number of thiophene rings is 1. The van der Waals surface area contributed by atoms with E-state index in [1.165, 1.54) is 12.1 Å². The Morgan fingerprint density at radius 3 is 2.53 bits per heavy atom. The van der Waals surface area contributed by atoms with Gasteiger partial charge < -0.3 is 4.90 Å². The van der Waals surface area contributed by atoms with E-state index in [1.807, 2.05) is 38.9 Å². The summed E-state index contributed by atoms with van der Waals surface area (Å²) in [6.07, 6.45) is 0. The zero-order valence-electron chi connectivity index (χ0n) is 11.6. The quantitative estimate of drug-likeness (QED) is 0.864. The molecule has 0 saturated heterocycles. The summed E-state index contributed by atoms with van der Waals surface area (Å²) < 4.78 is 26.9. The average molecular weight is 301 g/mol. The molecule has 1 aromatic rings. The molecular formula is C12H19N3O2S2. The molecular weight excluding hydrogens is 282 g/mol. The molecule has 0 unspecified atom stereocenters. The van der Waals surface area contributed by atoms with Gasteiger partial charge in [0.2, 0.25) is 10.0 Å². The van der Waals surface area contributed by atoms with Gasteiger partial charge in [0.15, 0.2) is 0 Å². The first-order valence-electron chi connectivity index (χ1n) is 5.81. The van der Waals surface area contributed by atoms with E-state index in [4.69, 9.17) is 5.26 Å². The Bertz CT molecular complexity index is 568. The monoisotopic (exact) mass is 301 g/mol. The van der Waals surface area contributed by atoms with Gasteiger partial charge in [-0.3, -0.25) is 0 Å². The van der Waals surface area contributed by atoms with Crippen molar-refractivity contribution in [3.05, 3.63) is 17.0 Å². The first-order valence-corrected chi connectivity index (χ1v) is 8.11. The van der Waals surface area contributed by atoms with Crippen molar-refractivity contribution >= 4 is 21.4 Å². The van der Waals surface area contributed by atoms with Gasteiger partial charge in [0.1, 0.15) is 15.2 Å². The number of nitrogens with zero attached hydrogens (tertiary/aromatic N) is 2. The number of sulfonamides is 1. The van der Waals surface area contributed by atoms with Crippen LogP contribution >= 0.6 is 11.3 Å². The molecule has 0 spiro atoms. The SMILES string of the molecule is CN(C)CC(C)(C)CNS(=O)(=O)c1ccc(C#N)s1. The Morgan fingerprint density at radius 1 is 1.42 bits per heavy atom. The van der Waals surface area contributed by atoms with Crippen LogP contribution in [0.15, 0.2) is 16.3 Å². The minimum absolute atomic E-state index is 0.161. The lowest BCUT2D eigenvalue weighted by Crippen LogP contribution is -2.39. The highest BCUT2D eigenvalue weighted by Gasteiger charge is 2.24. The van der Waals surface area contributed by atoms with Crippen molar-refractivity contribution < 1.29 is 8.42 Å². The molecule has 0 atom stereocenters. The van der Waals surface area contributed by atoms with E-state index >= 15 is 0 Å². The van der Waals surface area contributed by atoms with Crippen LogP contribution in [0.5, 0.6) is 0 Å². The molecule has 0 amide bonds. The van der Waals surface area contributed by atoms with E-state index < -0.39 is 10.0 Å². The largest absolute Gasteiger partial charge is 0.309 e. The lowest BCUT2D eigenvalue weighted by Gasteiger charge is -2.28. The summed E-state index contributed by atoms with van der Waals surface area (Å²) >= 11 is 0.982. The lowest BCUT2D eigenvalue weighted by atomic mass is 9.93. The first-order chi connectivity index (χ1) is 8.66. The fourth-order valence-electron chi connectivity index (χ4n) is 1.80. The van der Waals surface area contributed by atoms with Crippen LogP contribution in [-0.4, -0.2) is 40.5 Å². The molecule has 0 aromatic carbocycles. The number of nitriles is 1. The van der Waals surface area contributed by atoms with Crippen LogP contribution < -0.4 is 4.72 Å². The third-order valence-corrected chi connectivity index (χ3v) is 5.32. The predicted molar refractivity (Wildman–Crippen MR) is 76.6 cm³/mol. The molecule has 1 aromatic heterocycles. The average Bonchev–Trinajstić information content (AvgIpc) is 2.74. The summed E-state index contributed by atoms with van der Waals surface area (Å²) in [6, 6.07) is 4.92. The summed E-state index contributed by atoms with van der Waals surface area (Å²) in [5, 5.41) is 8.71. The van der Waals surface area contributed by atoms with Crippen molar-refractivity contribution in [1.82, 2.24) is 9.62 Å². The van der Waals surface area contributed by atoms with E-state index in [0.29, 0.717) is 11.4 Å². The van der Waals surface area contributed by atoms with E-state index in [-0.39, 0.29) is 9.62 Å². The van der Waals surface area contributed by atoms with Crippen LogP contribution in [0.2, 0.25) is 0 Å². The zero-order valence-corrected chi connectivity index (χ0v) is 13.2. The topological polar surface area (TPSA) is 73.2 Å². The number of hydrogen-bond donors (Lipinski definition) is 1. The maximum atomic E-state index is 12.1. The number of hydrogen-bond acceptors (Lipinski definition) is 5. The van der Waals surface area contributed by atoms with Gasteiger partial charge in [0.05, 0.1) is 0 Å². The number of rotatable bonds is 6. The summed E-state index contributed by atoms with van der Waals surface area (Å²) in [5.41, 5.74) is -0.161. The van der Waals surface area contributed by atoms with E-state index in [2.05, 4.69) is 4.72 Å². The summed E-state index contributed by atoms with van der Waals surface area (Å²) in [5.74, 6) is 0. The third-order valence-electron chi connectivity index (χ3n) is 2.44. The molecule has 0 aliphatic rings. The van der Waals surface area contributed by atoms with Crippen molar-refractivity contribution in [2.24, 2.45) is 5.41 Å². The van der Waals surface area contributed by atoms with Crippen LogP contribution in [0.4, 0.5) is 0 Å². The van der Waals surface area contributed by atoms with E-state index in [9.17, 15) is 8.42 Å². The van der Waals surface area contributed by atoms with Crippen molar-refractivity contribution in [1.29, 1.82) is 5.26 Å². The standard InChI is InChI=1S/C12H19N3O2S2/c1-12(2,9-15(3)4)8-14-19(16,17)11-6-5-10(7-13)18-11/h5-6,14H,8-9H2,1-4H3. The van der Waals surface area contributed by atoms with Crippen LogP contribution in [0.3, 0.4) is 0 Å². The summed E-state index contributed by atoms with van der Waals surface area (Å²) in [4.78, 5) is 2.42. The smallest absolute Gasteiger partial charge is 0.250 e. The van der Waals surface area contributed by atoms with Gasteiger partial charge in [-0.25, -0.2) is 13.1 Å². The Kier molecular flexibility index (Phi) is 5.10. The molecule has 106 valence electrons. The van der Waals surface area contributed by atoms with Gasteiger partial charge in [-0.05, 0) is 31.6 Å². The normalized spacial score (nSPS) is 12.6. The van der Waals surface area contributed by atoms with E-state index in [1.54, 1.807) is 0 Å². The Balaban J connectivity index is 2.73. The minimum Gasteiger partial charge on any atom is -0.309 e. The predicted octanol–water partition coefficient (Wildman–Crippen LogP) is 1.49. The molecule has 0 saturated carbocycles. The van der Waals surface area contributed by atoms with Gasteiger partial charge in [0.25, 0.3) is 0 Å². The van der Waals surface area contributed by atoms with Crippen molar-refractivity contribution in [3.8, 4) is 6.07 Å². The zero-order chi connectivity index (χ0) is 14.7. The van der Waals surface area contributed by atoms with Gasteiger partial charge in [-0.15, -0.1) is 11.3 Å². The first kappa shape index (κ1) is 16.1. The maximum Gasteiger partial charge on any atom is 0.250 e. The molecule has 0 bridgehead atoms. The van der Waals surface area contributed by atoms with Crippen molar-refractivity contribution in [2.45, 2.75) is 18.1 Å².